The average Bonchev–Trinajstić information content (AvgIpc) is 2.57. The molecule has 0 fully saturated rings. The van der Waals surface area contributed by atoms with E-state index in [0.717, 1.165) is 25.4 Å². The first-order valence-corrected chi connectivity index (χ1v) is 9.13. The molecule has 0 bridgehead atoms. The molecule has 0 aromatic carbocycles. The molecule has 0 N–H and O–H groups in total. The van der Waals surface area contributed by atoms with Crippen molar-refractivity contribution in [3.8, 4) is 0 Å². The molecular formula is C12H25N3OSi. The number of nitrogens with zero attached hydrogens (tertiary/aromatic N) is 3. The molecule has 0 saturated carbocycles. The van der Waals surface area contributed by atoms with Gasteiger partial charge in [-0.2, -0.15) is 5.10 Å². The molecule has 0 aliphatic heterocycles. The summed E-state index contributed by atoms with van der Waals surface area (Å²) in [5.74, 6) is 0.970. The number of aromatic nitrogens is 3. The Morgan fingerprint density at radius 3 is 2.47 bits per heavy atom. The molecule has 5 heteroatoms. The topological polar surface area (TPSA) is 39.9 Å². The Kier molecular flexibility index (Phi) is 4.49. The standard InChI is InChI=1S/C12H25N3OSi/c1-11-13-10-14-15(11)8-7-9-16-17(5,6)12(2,3)4/h10H,7-9H2,1-6H3. The summed E-state index contributed by atoms with van der Waals surface area (Å²) < 4.78 is 8.04. The number of rotatable bonds is 5. The van der Waals surface area contributed by atoms with Crippen LogP contribution in [0.15, 0.2) is 6.33 Å². The first-order chi connectivity index (χ1) is 7.74. The van der Waals surface area contributed by atoms with Gasteiger partial charge < -0.3 is 4.43 Å². The van der Waals surface area contributed by atoms with Gasteiger partial charge in [-0.25, -0.2) is 4.98 Å². The lowest BCUT2D eigenvalue weighted by Gasteiger charge is -2.36. The molecule has 0 unspecified atom stereocenters. The van der Waals surface area contributed by atoms with Crippen molar-refractivity contribution in [1.29, 1.82) is 0 Å². The highest BCUT2D eigenvalue weighted by atomic mass is 28.4. The smallest absolute Gasteiger partial charge is 0.191 e. The maximum Gasteiger partial charge on any atom is 0.191 e. The molecule has 0 radical (unpaired) electrons. The van der Waals surface area contributed by atoms with E-state index in [1.165, 1.54) is 0 Å². The van der Waals surface area contributed by atoms with E-state index in [1.807, 2.05) is 11.6 Å². The summed E-state index contributed by atoms with van der Waals surface area (Å²) in [5, 5.41) is 4.45. The van der Waals surface area contributed by atoms with Crippen LogP contribution < -0.4 is 0 Å². The van der Waals surface area contributed by atoms with Crippen LogP contribution in [0.5, 0.6) is 0 Å². The molecule has 0 saturated heterocycles. The zero-order valence-electron chi connectivity index (χ0n) is 11.9. The largest absolute Gasteiger partial charge is 0.417 e. The van der Waals surface area contributed by atoms with Crippen LogP contribution in [0.2, 0.25) is 18.1 Å². The average molecular weight is 255 g/mol. The van der Waals surface area contributed by atoms with Crippen LogP contribution in [0, 0.1) is 6.92 Å². The molecule has 0 aliphatic rings. The second kappa shape index (κ2) is 5.31. The molecular weight excluding hydrogens is 230 g/mol. The van der Waals surface area contributed by atoms with Gasteiger partial charge in [-0.05, 0) is 31.5 Å². The zero-order chi connectivity index (χ0) is 13.1. The Morgan fingerprint density at radius 1 is 1.35 bits per heavy atom. The molecule has 17 heavy (non-hydrogen) atoms. The van der Waals surface area contributed by atoms with E-state index in [-0.39, 0.29) is 5.04 Å². The lowest BCUT2D eigenvalue weighted by Crippen LogP contribution is -2.41. The summed E-state index contributed by atoms with van der Waals surface area (Å²) >= 11 is 0. The van der Waals surface area contributed by atoms with Crippen LogP contribution in [-0.4, -0.2) is 29.7 Å². The van der Waals surface area contributed by atoms with Crippen molar-refractivity contribution in [2.75, 3.05) is 6.61 Å². The first kappa shape index (κ1) is 14.4. The molecule has 1 rings (SSSR count). The Hall–Kier alpha value is -0.683. The molecule has 1 aromatic heterocycles. The summed E-state index contributed by atoms with van der Waals surface area (Å²) in [7, 11) is -1.59. The van der Waals surface area contributed by atoms with Gasteiger partial charge in [-0.3, -0.25) is 4.68 Å². The van der Waals surface area contributed by atoms with E-state index in [4.69, 9.17) is 4.43 Å². The molecule has 0 aliphatic carbocycles. The van der Waals surface area contributed by atoms with Gasteiger partial charge in [0.25, 0.3) is 0 Å². The van der Waals surface area contributed by atoms with E-state index in [2.05, 4.69) is 43.9 Å². The summed E-state index contributed by atoms with van der Waals surface area (Å²) in [6.07, 6.45) is 2.60. The van der Waals surface area contributed by atoms with Gasteiger partial charge in [0.15, 0.2) is 8.32 Å². The molecule has 4 nitrogen and oxygen atoms in total. The highest BCUT2D eigenvalue weighted by molar-refractivity contribution is 6.74. The Labute approximate surface area is 106 Å². The predicted octanol–water partition coefficient (Wildman–Crippen LogP) is 3.00. The summed E-state index contributed by atoms with van der Waals surface area (Å²) in [6, 6.07) is 0. The molecule has 1 aromatic rings. The van der Waals surface area contributed by atoms with Crippen molar-refractivity contribution < 1.29 is 4.43 Å². The quantitative estimate of drug-likeness (QED) is 0.600. The van der Waals surface area contributed by atoms with E-state index in [0.29, 0.717) is 0 Å². The third kappa shape index (κ3) is 3.92. The highest BCUT2D eigenvalue weighted by Crippen LogP contribution is 2.36. The maximum atomic E-state index is 6.11. The maximum absolute atomic E-state index is 6.11. The van der Waals surface area contributed by atoms with Crippen molar-refractivity contribution in [3.63, 3.8) is 0 Å². The molecule has 0 amide bonds. The fraction of sp³-hybridized carbons (Fsp3) is 0.833. The Bertz CT molecular complexity index is 355. The van der Waals surface area contributed by atoms with Gasteiger partial charge >= 0.3 is 0 Å². The van der Waals surface area contributed by atoms with E-state index < -0.39 is 8.32 Å². The predicted molar refractivity (Wildman–Crippen MR) is 72.5 cm³/mol. The zero-order valence-corrected chi connectivity index (χ0v) is 12.9. The molecule has 98 valence electrons. The van der Waals surface area contributed by atoms with E-state index in [1.54, 1.807) is 6.33 Å². The van der Waals surface area contributed by atoms with Gasteiger partial charge in [0.2, 0.25) is 0 Å². The van der Waals surface area contributed by atoms with Crippen LogP contribution in [0.3, 0.4) is 0 Å². The van der Waals surface area contributed by atoms with Crippen LogP contribution in [0.1, 0.15) is 33.0 Å². The number of aryl methyl sites for hydroxylation is 2. The SMILES string of the molecule is Cc1ncnn1CCCO[Si](C)(C)C(C)(C)C. The minimum absolute atomic E-state index is 0.288. The lowest BCUT2D eigenvalue weighted by molar-refractivity contribution is 0.272. The molecule has 1 heterocycles. The van der Waals surface area contributed by atoms with Crippen molar-refractivity contribution in [2.24, 2.45) is 0 Å². The van der Waals surface area contributed by atoms with Crippen molar-refractivity contribution in [3.05, 3.63) is 12.2 Å². The highest BCUT2D eigenvalue weighted by Gasteiger charge is 2.36. The van der Waals surface area contributed by atoms with Gasteiger partial charge in [-0.15, -0.1) is 0 Å². The fourth-order valence-electron chi connectivity index (χ4n) is 1.30. The monoisotopic (exact) mass is 255 g/mol. The fourth-order valence-corrected chi connectivity index (χ4v) is 2.39. The van der Waals surface area contributed by atoms with E-state index in [9.17, 15) is 0 Å². The summed E-state index contributed by atoms with van der Waals surface area (Å²) in [6.45, 7) is 15.0. The first-order valence-electron chi connectivity index (χ1n) is 6.22. The summed E-state index contributed by atoms with van der Waals surface area (Å²) in [4.78, 5) is 4.10. The second-order valence-corrected chi connectivity index (χ2v) is 10.8. The van der Waals surface area contributed by atoms with Gasteiger partial charge in [0.05, 0.1) is 0 Å². The minimum Gasteiger partial charge on any atom is -0.417 e. The second-order valence-electron chi connectivity index (χ2n) is 5.99. The third-order valence-corrected chi connectivity index (χ3v) is 8.13. The summed E-state index contributed by atoms with van der Waals surface area (Å²) in [5.41, 5.74) is 0. The number of hydrogen-bond acceptors (Lipinski definition) is 3. The van der Waals surface area contributed by atoms with Gasteiger partial charge in [0, 0.05) is 13.2 Å². The van der Waals surface area contributed by atoms with Crippen LogP contribution in [0.4, 0.5) is 0 Å². The van der Waals surface area contributed by atoms with E-state index >= 15 is 0 Å². The lowest BCUT2D eigenvalue weighted by atomic mass is 10.2. The molecule has 0 atom stereocenters. The third-order valence-electron chi connectivity index (χ3n) is 3.59. The van der Waals surface area contributed by atoms with Crippen molar-refractivity contribution in [1.82, 2.24) is 14.8 Å². The molecule has 0 spiro atoms. The normalized spacial score (nSPS) is 13.1. The Morgan fingerprint density at radius 2 is 2.00 bits per heavy atom. The Balaban J connectivity index is 2.32. The van der Waals surface area contributed by atoms with Crippen LogP contribution in [-0.2, 0) is 11.0 Å². The van der Waals surface area contributed by atoms with Crippen LogP contribution in [0.25, 0.3) is 0 Å². The van der Waals surface area contributed by atoms with Crippen molar-refractivity contribution >= 4 is 8.32 Å². The number of hydrogen-bond donors (Lipinski definition) is 0. The minimum atomic E-state index is -1.59. The van der Waals surface area contributed by atoms with Gasteiger partial charge in [0.1, 0.15) is 12.2 Å². The van der Waals surface area contributed by atoms with Gasteiger partial charge in [-0.1, -0.05) is 20.8 Å². The van der Waals surface area contributed by atoms with Crippen molar-refractivity contribution in [2.45, 2.75) is 58.8 Å². The van der Waals surface area contributed by atoms with Crippen LogP contribution >= 0.6 is 0 Å².